The molecular formula is C19H20N2O2. The standard InChI is InChI=1S/C19H20N2O2/c1-4-5-13-6-8-15(18(23)10-13)19-20-16-9-7-14(12(2)22)11-17(16)21(19)3/h6-11,23H,4-5H2,1-3H3. The number of phenols is 1. The first-order chi connectivity index (χ1) is 11.0. The van der Waals surface area contributed by atoms with E-state index in [1.807, 2.05) is 35.9 Å². The molecule has 0 aliphatic rings. The second-order valence-corrected chi connectivity index (χ2v) is 5.86. The number of aromatic hydroxyl groups is 1. The van der Waals surface area contributed by atoms with Gasteiger partial charge in [0, 0.05) is 12.6 Å². The highest BCUT2D eigenvalue weighted by Crippen LogP contribution is 2.32. The molecule has 0 spiro atoms. The lowest BCUT2D eigenvalue weighted by molar-refractivity contribution is 0.101. The molecule has 0 atom stereocenters. The van der Waals surface area contributed by atoms with Crippen LogP contribution in [-0.4, -0.2) is 20.4 Å². The first-order valence-electron chi connectivity index (χ1n) is 7.81. The van der Waals surface area contributed by atoms with Crippen molar-refractivity contribution in [1.29, 1.82) is 0 Å². The highest BCUT2D eigenvalue weighted by molar-refractivity contribution is 5.97. The number of carbonyl (C=O) groups excluding carboxylic acids is 1. The van der Waals surface area contributed by atoms with E-state index in [9.17, 15) is 9.90 Å². The lowest BCUT2D eigenvalue weighted by Crippen LogP contribution is -1.95. The second-order valence-electron chi connectivity index (χ2n) is 5.86. The van der Waals surface area contributed by atoms with Gasteiger partial charge in [0.1, 0.15) is 11.6 Å². The van der Waals surface area contributed by atoms with Crippen LogP contribution in [0.1, 0.15) is 36.2 Å². The molecule has 0 saturated heterocycles. The van der Waals surface area contributed by atoms with E-state index in [-0.39, 0.29) is 11.5 Å². The molecule has 0 aliphatic carbocycles. The monoisotopic (exact) mass is 308 g/mol. The summed E-state index contributed by atoms with van der Waals surface area (Å²) >= 11 is 0. The van der Waals surface area contributed by atoms with Crippen molar-refractivity contribution in [2.75, 3.05) is 0 Å². The first-order valence-corrected chi connectivity index (χ1v) is 7.81. The highest BCUT2D eigenvalue weighted by Gasteiger charge is 2.14. The average Bonchev–Trinajstić information content (AvgIpc) is 2.84. The zero-order chi connectivity index (χ0) is 16.6. The maximum absolute atomic E-state index is 11.6. The van der Waals surface area contributed by atoms with Crippen molar-refractivity contribution in [3.8, 4) is 17.1 Å². The molecule has 23 heavy (non-hydrogen) atoms. The fourth-order valence-corrected chi connectivity index (χ4v) is 2.86. The van der Waals surface area contributed by atoms with Gasteiger partial charge in [-0.15, -0.1) is 0 Å². The van der Waals surface area contributed by atoms with Crippen molar-refractivity contribution in [2.24, 2.45) is 7.05 Å². The third kappa shape index (κ3) is 2.72. The lowest BCUT2D eigenvalue weighted by atomic mass is 10.1. The smallest absolute Gasteiger partial charge is 0.159 e. The van der Waals surface area contributed by atoms with Crippen molar-refractivity contribution < 1.29 is 9.90 Å². The van der Waals surface area contributed by atoms with E-state index in [1.54, 1.807) is 19.1 Å². The Labute approximate surface area is 135 Å². The van der Waals surface area contributed by atoms with E-state index < -0.39 is 0 Å². The van der Waals surface area contributed by atoms with E-state index in [4.69, 9.17) is 0 Å². The van der Waals surface area contributed by atoms with Gasteiger partial charge in [0.15, 0.2) is 5.78 Å². The zero-order valence-corrected chi connectivity index (χ0v) is 13.6. The fraction of sp³-hybridized carbons (Fsp3) is 0.263. The maximum Gasteiger partial charge on any atom is 0.159 e. The van der Waals surface area contributed by atoms with Crippen LogP contribution in [0, 0.1) is 0 Å². The summed E-state index contributed by atoms with van der Waals surface area (Å²) in [6.45, 7) is 3.67. The molecule has 4 heteroatoms. The number of aryl methyl sites for hydroxylation is 2. The van der Waals surface area contributed by atoms with Crippen LogP contribution in [0.15, 0.2) is 36.4 Å². The van der Waals surface area contributed by atoms with Gasteiger partial charge in [0.2, 0.25) is 0 Å². The molecule has 118 valence electrons. The van der Waals surface area contributed by atoms with Crippen LogP contribution in [0.2, 0.25) is 0 Å². The molecule has 0 aliphatic heterocycles. The zero-order valence-electron chi connectivity index (χ0n) is 13.6. The third-order valence-electron chi connectivity index (χ3n) is 4.13. The predicted octanol–water partition coefficient (Wildman–Crippen LogP) is 4.10. The molecule has 0 unspecified atom stereocenters. The molecule has 3 aromatic rings. The molecule has 0 fully saturated rings. The number of imidazole rings is 1. The SMILES string of the molecule is CCCc1ccc(-c2nc3ccc(C(C)=O)cc3n2C)c(O)c1. The van der Waals surface area contributed by atoms with Crippen molar-refractivity contribution in [3.63, 3.8) is 0 Å². The third-order valence-corrected chi connectivity index (χ3v) is 4.13. The number of carbonyl (C=O) groups is 1. The van der Waals surface area contributed by atoms with Gasteiger partial charge in [-0.3, -0.25) is 4.79 Å². The number of nitrogens with zero attached hydrogens (tertiary/aromatic N) is 2. The molecule has 1 aromatic heterocycles. The van der Waals surface area contributed by atoms with Gasteiger partial charge in [-0.25, -0.2) is 4.98 Å². The molecule has 0 bridgehead atoms. The molecule has 1 heterocycles. The Balaban J connectivity index is 2.13. The summed E-state index contributed by atoms with van der Waals surface area (Å²) in [6, 6.07) is 11.2. The average molecular weight is 308 g/mol. The summed E-state index contributed by atoms with van der Waals surface area (Å²) < 4.78 is 1.91. The van der Waals surface area contributed by atoms with E-state index in [1.165, 1.54) is 0 Å². The Hall–Kier alpha value is -2.62. The van der Waals surface area contributed by atoms with Gasteiger partial charge < -0.3 is 9.67 Å². The first kappa shape index (κ1) is 15.3. The number of aromatic nitrogens is 2. The number of Topliss-reactive ketones (excluding diaryl/α,β-unsaturated/α-hetero) is 1. The summed E-state index contributed by atoms with van der Waals surface area (Å²) in [4.78, 5) is 16.2. The Bertz CT molecular complexity index is 894. The maximum atomic E-state index is 11.6. The van der Waals surface area contributed by atoms with E-state index in [0.29, 0.717) is 17.0 Å². The Morgan fingerprint density at radius 1 is 1.22 bits per heavy atom. The molecule has 0 amide bonds. The molecule has 0 saturated carbocycles. The van der Waals surface area contributed by atoms with E-state index >= 15 is 0 Å². The number of rotatable bonds is 4. The van der Waals surface area contributed by atoms with Gasteiger partial charge in [0.05, 0.1) is 16.6 Å². The molecular weight excluding hydrogens is 288 g/mol. The minimum absolute atomic E-state index is 0.0291. The molecule has 2 aromatic carbocycles. The van der Waals surface area contributed by atoms with Crippen LogP contribution < -0.4 is 0 Å². The summed E-state index contributed by atoms with van der Waals surface area (Å²) in [5, 5.41) is 10.4. The minimum Gasteiger partial charge on any atom is -0.507 e. The number of hydrogen-bond donors (Lipinski definition) is 1. The van der Waals surface area contributed by atoms with Gasteiger partial charge in [-0.2, -0.15) is 0 Å². The van der Waals surface area contributed by atoms with E-state index in [0.717, 1.165) is 29.4 Å². The predicted molar refractivity (Wildman–Crippen MR) is 91.8 cm³/mol. The summed E-state index contributed by atoms with van der Waals surface area (Å²) in [5.74, 6) is 0.962. The Morgan fingerprint density at radius 3 is 2.65 bits per heavy atom. The Kier molecular flexibility index (Phi) is 3.90. The van der Waals surface area contributed by atoms with Gasteiger partial charge in [-0.1, -0.05) is 19.4 Å². The van der Waals surface area contributed by atoms with Crippen LogP contribution in [0.5, 0.6) is 5.75 Å². The number of fused-ring (bicyclic) bond motifs is 1. The van der Waals surface area contributed by atoms with Crippen LogP contribution in [-0.2, 0) is 13.5 Å². The fourth-order valence-electron chi connectivity index (χ4n) is 2.86. The number of ketones is 1. The van der Waals surface area contributed by atoms with Crippen molar-refractivity contribution in [2.45, 2.75) is 26.7 Å². The van der Waals surface area contributed by atoms with Crippen LogP contribution in [0.3, 0.4) is 0 Å². The highest BCUT2D eigenvalue weighted by atomic mass is 16.3. The topological polar surface area (TPSA) is 55.1 Å². The normalized spacial score (nSPS) is 11.1. The van der Waals surface area contributed by atoms with Crippen LogP contribution in [0.4, 0.5) is 0 Å². The largest absolute Gasteiger partial charge is 0.507 e. The lowest BCUT2D eigenvalue weighted by Gasteiger charge is -2.07. The van der Waals surface area contributed by atoms with Crippen LogP contribution in [0.25, 0.3) is 22.4 Å². The number of benzene rings is 2. The van der Waals surface area contributed by atoms with Crippen LogP contribution >= 0.6 is 0 Å². The Morgan fingerprint density at radius 2 is 2.00 bits per heavy atom. The molecule has 0 radical (unpaired) electrons. The van der Waals surface area contributed by atoms with Crippen molar-refractivity contribution in [1.82, 2.24) is 9.55 Å². The van der Waals surface area contributed by atoms with Gasteiger partial charge >= 0.3 is 0 Å². The second kappa shape index (κ2) is 5.88. The number of phenolic OH excluding ortho intramolecular Hbond substituents is 1. The summed E-state index contributed by atoms with van der Waals surface area (Å²) in [7, 11) is 1.90. The van der Waals surface area contributed by atoms with Gasteiger partial charge in [0.25, 0.3) is 0 Å². The quantitative estimate of drug-likeness (QED) is 0.738. The van der Waals surface area contributed by atoms with E-state index in [2.05, 4.69) is 11.9 Å². The summed E-state index contributed by atoms with van der Waals surface area (Å²) in [5.41, 5.74) is 4.17. The van der Waals surface area contributed by atoms with Gasteiger partial charge in [-0.05, 0) is 49.2 Å². The number of hydrogen-bond acceptors (Lipinski definition) is 3. The van der Waals surface area contributed by atoms with Crippen molar-refractivity contribution >= 4 is 16.8 Å². The molecule has 1 N–H and O–H groups in total. The van der Waals surface area contributed by atoms with Crippen molar-refractivity contribution in [3.05, 3.63) is 47.5 Å². The summed E-state index contributed by atoms with van der Waals surface area (Å²) in [6.07, 6.45) is 1.98. The minimum atomic E-state index is 0.0291. The molecule has 3 rings (SSSR count). The molecule has 4 nitrogen and oxygen atoms in total.